The van der Waals surface area contributed by atoms with Crippen LogP contribution in [-0.4, -0.2) is 65.5 Å². The molecule has 0 saturated carbocycles. The normalized spacial score (nSPS) is 10.2. The van der Waals surface area contributed by atoms with Gasteiger partial charge in [0.05, 0.1) is 6.61 Å². The Morgan fingerprint density at radius 2 is 1.20 bits per heavy atom. The van der Waals surface area contributed by atoms with Crippen LogP contribution >= 0.6 is 0 Å². The van der Waals surface area contributed by atoms with E-state index in [1.54, 1.807) is 47.6 Å². The number of aliphatic hydroxyl groups is 1. The summed E-state index contributed by atoms with van der Waals surface area (Å²) in [6.45, 7) is 15.7. The maximum absolute atomic E-state index is 12.0. The molecule has 3 aromatic rings. The van der Waals surface area contributed by atoms with Crippen LogP contribution in [0.25, 0.3) is 0 Å². The number of carbonyl (C=O) groups is 3. The molecule has 1 aromatic heterocycles. The lowest BCUT2D eigenvalue weighted by atomic mass is 10.2. The van der Waals surface area contributed by atoms with Gasteiger partial charge in [-0.1, -0.05) is 30.3 Å². The largest absolute Gasteiger partial charge is 0.443 e. The monoisotopic (exact) mass is 659 g/mol. The van der Waals surface area contributed by atoms with Crippen molar-refractivity contribution in [2.24, 2.45) is 0 Å². The van der Waals surface area contributed by atoms with Crippen molar-refractivity contribution in [3.63, 3.8) is 0 Å². The van der Waals surface area contributed by atoms with Crippen LogP contribution in [0.3, 0.4) is 0 Å². The summed E-state index contributed by atoms with van der Waals surface area (Å²) in [6.07, 6.45) is 3.47. The Bertz CT molecular complexity index is 1420. The summed E-state index contributed by atoms with van der Waals surface area (Å²) in [6, 6.07) is 19.8. The highest BCUT2D eigenvalue weighted by Crippen LogP contribution is 2.20. The van der Waals surface area contributed by atoms with Crippen LogP contribution in [0.4, 0.5) is 21.0 Å². The van der Waals surface area contributed by atoms with Crippen molar-refractivity contribution in [3.05, 3.63) is 90.3 Å². The molecule has 1 heterocycles. The van der Waals surface area contributed by atoms with Gasteiger partial charge in [0, 0.05) is 42.4 Å². The molecule has 13 heteroatoms. The van der Waals surface area contributed by atoms with Gasteiger partial charge in [-0.05, 0) is 97.4 Å². The van der Waals surface area contributed by atoms with E-state index in [1.165, 1.54) is 4.90 Å². The lowest BCUT2D eigenvalue weighted by Gasteiger charge is -2.26. The van der Waals surface area contributed by atoms with Gasteiger partial charge in [-0.25, -0.2) is 9.59 Å². The zero-order valence-electron chi connectivity index (χ0n) is 27.7. The molecule has 0 atom stereocenters. The minimum Gasteiger partial charge on any atom is -0.443 e. The summed E-state index contributed by atoms with van der Waals surface area (Å²) in [4.78, 5) is 41.6. The lowest BCUT2D eigenvalue weighted by Crippen LogP contribution is -2.36. The number of amides is 2. The number of hydrogen-bond acceptors (Lipinski definition) is 10. The Kier molecular flexibility index (Phi) is 19.0. The van der Waals surface area contributed by atoms with E-state index in [0.717, 1.165) is 17.5 Å². The molecule has 252 valence electrons. The molecule has 0 aliphatic carbocycles. The molecule has 3 rings (SSSR count). The number of benzene rings is 2. The highest BCUT2D eigenvalue weighted by Gasteiger charge is 2.23. The zero-order valence-corrected chi connectivity index (χ0v) is 28.5. The minimum absolute atomic E-state index is 0.0420. The number of carbonyl (C=O) groups excluding carboxylic acids is 3. The lowest BCUT2D eigenvalue weighted by molar-refractivity contribution is 0.0571. The highest BCUT2D eigenvalue weighted by molar-refractivity contribution is 7.59. The first kappa shape index (κ1) is 41.4. The average molecular weight is 660 g/mol. The van der Waals surface area contributed by atoms with Crippen molar-refractivity contribution in [1.29, 1.82) is 0 Å². The average Bonchev–Trinajstić information content (AvgIpc) is 2.97. The quantitative estimate of drug-likeness (QED) is 0.298. The SMILES string of the molecule is CCN(C(=O)OC(C)(C)C)c1cccc(C=O)c1.CCN(C(=O)OC(C)(C)C)c1cccc(CO)c1.O=S(=O)=O.c1ccncc1. The van der Waals surface area contributed by atoms with Crippen LogP contribution in [0.2, 0.25) is 0 Å². The first-order chi connectivity index (χ1) is 21.5. The van der Waals surface area contributed by atoms with Crippen LogP contribution in [0.1, 0.15) is 71.3 Å². The van der Waals surface area contributed by atoms with E-state index in [1.807, 2.05) is 91.8 Å². The third-order valence-corrected chi connectivity index (χ3v) is 5.15. The number of aliphatic hydroxyl groups excluding tert-OH is 1. The van der Waals surface area contributed by atoms with Gasteiger partial charge < -0.3 is 14.6 Å². The second-order valence-electron chi connectivity index (χ2n) is 11.2. The molecule has 2 aromatic carbocycles. The Balaban J connectivity index is 0.000000678. The van der Waals surface area contributed by atoms with Crippen molar-refractivity contribution in [2.75, 3.05) is 22.9 Å². The van der Waals surface area contributed by atoms with Gasteiger partial charge in [-0.2, -0.15) is 0 Å². The van der Waals surface area contributed by atoms with Gasteiger partial charge in [-0.3, -0.25) is 19.6 Å². The number of aromatic nitrogens is 1. The van der Waals surface area contributed by atoms with Crippen molar-refractivity contribution >= 4 is 40.5 Å². The summed E-state index contributed by atoms with van der Waals surface area (Å²) < 4.78 is 36.0. The summed E-state index contributed by atoms with van der Waals surface area (Å²) in [5, 5.41) is 9.11. The predicted molar refractivity (Wildman–Crippen MR) is 177 cm³/mol. The van der Waals surface area contributed by atoms with E-state index in [0.29, 0.717) is 24.3 Å². The first-order valence-corrected chi connectivity index (χ1v) is 15.4. The molecular weight excluding hydrogens is 614 g/mol. The van der Waals surface area contributed by atoms with Gasteiger partial charge in [0.15, 0.2) is 0 Å². The number of hydrogen-bond donors (Lipinski definition) is 1. The van der Waals surface area contributed by atoms with Gasteiger partial charge in [0.25, 0.3) is 0 Å². The summed E-state index contributed by atoms with van der Waals surface area (Å²) in [7, 11) is -3.11. The topological polar surface area (TPSA) is 160 Å². The third kappa shape index (κ3) is 18.9. The standard InChI is InChI=1S/C14H21NO3.C14H19NO3.C5H5N.O3S/c2*1-5-15(13(17)18-14(2,3)4)12-8-6-7-11(9-12)10-16;1-2-4-6-5-3-1;1-4(2)3/h6-9,16H,5,10H2,1-4H3;6-10H,5H2,1-4H3;1-5H;. The van der Waals surface area contributed by atoms with Crippen LogP contribution < -0.4 is 9.80 Å². The fourth-order valence-corrected chi connectivity index (χ4v) is 3.37. The van der Waals surface area contributed by atoms with Crippen LogP contribution in [0.15, 0.2) is 79.1 Å². The van der Waals surface area contributed by atoms with Crippen LogP contribution in [0.5, 0.6) is 0 Å². The molecule has 0 bridgehead atoms. The molecule has 0 radical (unpaired) electrons. The number of ether oxygens (including phenoxy) is 2. The Morgan fingerprint density at radius 3 is 1.52 bits per heavy atom. The first-order valence-electron chi connectivity index (χ1n) is 14.4. The maximum Gasteiger partial charge on any atom is 0.425 e. The van der Waals surface area contributed by atoms with E-state index >= 15 is 0 Å². The fourth-order valence-electron chi connectivity index (χ4n) is 3.37. The summed E-state index contributed by atoms with van der Waals surface area (Å²) in [5.74, 6) is 0. The number of rotatable bonds is 6. The van der Waals surface area contributed by atoms with Crippen molar-refractivity contribution < 1.29 is 41.6 Å². The van der Waals surface area contributed by atoms with Gasteiger partial charge in [0.1, 0.15) is 17.5 Å². The number of nitrogens with zero attached hydrogens (tertiary/aromatic N) is 3. The Morgan fingerprint density at radius 1 is 0.761 bits per heavy atom. The Labute approximate surface area is 273 Å². The fraction of sp³-hybridized carbons (Fsp3) is 0.394. The molecule has 46 heavy (non-hydrogen) atoms. The highest BCUT2D eigenvalue weighted by atomic mass is 32.2. The van der Waals surface area contributed by atoms with E-state index < -0.39 is 27.9 Å². The molecule has 1 N–H and O–H groups in total. The molecular formula is C33H45N3O9S. The van der Waals surface area contributed by atoms with E-state index in [9.17, 15) is 14.4 Å². The molecule has 0 saturated heterocycles. The van der Waals surface area contributed by atoms with E-state index in [-0.39, 0.29) is 12.7 Å². The molecule has 0 unspecified atom stereocenters. The minimum atomic E-state index is -3.11. The van der Waals surface area contributed by atoms with Crippen molar-refractivity contribution in [3.8, 4) is 0 Å². The van der Waals surface area contributed by atoms with E-state index in [4.69, 9.17) is 27.2 Å². The molecule has 0 aliphatic rings. The molecule has 12 nitrogen and oxygen atoms in total. The smallest absolute Gasteiger partial charge is 0.425 e. The molecule has 2 amide bonds. The summed E-state index contributed by atoms with van der Waals surface area (Å²) in [5.41, 5.74) is 1.66. The number of aldehydes is 1. The van der Waals surface area contributed by atoms with Gasteiger partial charge in [-0.15, -0.1) is 12.6 Å². The number of anilines is 2. The number of pyridine rings is 1. The zero-order chi connectivity index (χ0) is 35.3. The predicted octanol–water partition coefficient (Wildman–Crippen LogP) is 6.28. The molecule has 0 aliphatic heterocycles. The van der Waals surface area contributed by atoms with Crippen LogP contribution in [0, 0.1) is 0 Å². The molecule has 0 fully saturated rings. The van der Waals surface area contributed by atoms with E-state index in [2.05, 4.69) is 4.98 Å². The van der Waals surface area contributed by atoms with Crippen LogP contribution in [-0.2, 0) is 26.7 Å². The Hall–Kier alpha value is -4.62. The van der Waals surface area contributed by atoms with Crippen molar-refractivity contribution in [2.45, 2.75) is 73.2 Å². The maximum atomic E-state index is 12.0. The van der Waals surface area contributed by atoms with Gasteiger partial charge >= 0.3 is 22.8 Å². The second-order valence-corrected chi connectivity index (χ2v) is 11.6. The third-order valence-electron chi connectivity index (χ3n) is 5.15. The summed E-state index contributed by atoms with van der Waals surface area (Å²) >= 11 is 0. The van der Waals surface area contributed by atoms with Crippen molar-refractivity contribution in [1.82, 2.24) is 4.98 Å². The van der Waals surface area contributed by atoms with Gasteiger partial charge in [0.2, 0.25) is 0 Å². The molecule has 0 spiro atoms. The second kappa shape index (κ2) is 21.2.